The van der Waals surface area contributed by atoms with Crippen molar-refractivity contribution in [2.45, 2.75) is 121 Å². The zero-order valence-electron chi connectivity index (χ0n) is 21.5. The Morgan fingerprint density at radius 3 is 1.84 bits per heavy atom. The highest BCUT2D eigenvalue weighted by Gasteiger charge is 2.51. The van der Waals surface area contributed by atoms with Crippen LogP contribution in [0.2, 0.25) is 0 Å². The van der Waals surface area contributed by atoms with Crippen LogP contribution in [0.3, 0.4) is 0 Å². The number of aliphatic hydroxyl groups is 5. The minimum Gasteiger partial charge on any atom is -0.462 e. The molecule has 0 bridgehead atoms. The average Bonchev–Trinajstić information content (AvgIpc) is 2.85. The zero-order chi connectivity index (χ0) is 28.0. The van der Waals surface area contributed by atoms with E-state index in [-0.39, 0.29) is 12.8 Å². The number of unbranched alkanes of at least 4 members (excludes halogenated alkanes) is 6. The van der Waals surface area contributed by atoms with Crippen LogP contribution < -0.4 is 0 Å². The molecule has 14 heteroatoms. The van der Waals surface area contributed by atoms with E-state index in [1.54, 1.807) is 6.92 Å². The summed E-state index contributed by atoms with van der Waals surface area (Å²) in [5, 5.41) is 49.1. The molecule has 6 unspecified atom stereocenters. The molecule has 0 amide bonds. The number of aliphatic hydroxyl groups excluding tert-OH is 5. The van der Waals surface area contributed by atoms with Crippen molar-refractivity contribution < 1.29 is 63.1 Å². The Kier molecular flexibility index (Phi) is 16.0. The summed E-state index contributed by atoms with van der Waals surface area (Å²) < 4.78 is 32.2. The molecular weight excluding hydrogens is 515 g/mol. The standard InChI is InChI=1S/C23H43O13P/c1-3-5-6-7-8-9-10-12-16(24)33-13-15(35-17(25)11-4-2)14-34-37(31,32)36-23-21(29)19(27)18(26)20(28)22(23)30/h15,18-23,26-30H,3-14H2,1-2H3,(H,31,32)/t15-,18?,19-,20?,21?,22?,23?/m1/s1. The van der Waals surface area contributed by atoms with Crippen LogP contribution in [0.5, 0.6) is 0 Å². The summed E-state index contributed by atoms with van der Waals surface area (Å²) in [5.74, 6) is -1.17. The maximum absolute atomic E-state index is 12.4. The quantitative estimate of drug-likeness (QED) is 0.0778. The second-order valence-corrected chi connectivity index (χ2v) is 10.6. The van der Waals surface area contributed by atoms with Gasteiger partial charge in [0.15, 0.2) is 6.10 Å². The van der Waals surface area contributed by atoms with Gasteiger partial charge in [-0.15, -0.1) is 0 Å². The van der Waals surface area contributed by atoms with Crippen LogP contribution in [-0.4, -0.2) is 98.3 Å². The van der Waals surface area contributed by atoms with Gasteiger partial charge in [-0.1, -0.05) is 52.4 Å². The lowest BCUT2D eigenvalue weighted by Crippen LogP contribution is -2.64. The summed E-state index contributed by atoms with van der Waals surface area (Å²) in [6, 6.07) is 0. The van der Waals surface area contributed by atoms with E-state index in [4.69, 9.17) is 18.5 Å². The van der Waals surface area contributed by atoms with Crippen LogP contribution in [-0.2, 0) is 32.7 Å². The van der Waals surface area contributed by atoms with E-state index < -0.39 is 75.7 Å². The largest absolute Gasteiger partial charge is 0.472 e. The Morgan fingerprint density at radius 1 is 0.730 bits per heavy atom. The lowest BCUT2D eigenvalue weighted by Gasteiger charge is -2.41. The number of ether oxygens (including phenoxy) is 2. The first kappa shape index (κ1) is 33.9. The van der Waals surface area contributed by atoms with Crippen molar-refractivity contribution in [3.8, 4) is 0 Å². The molecule has 13 nitrogen and oxygen atoms in total. The second-order valence-electron chi connectivity index (χ2n) is 9.20. The van der Waals surface area contributed by atoms with E-state index >= 15 is 0 Å². The molecule has 6 N–H and O–H groups in total. The lowest BCUT2D eigenvalue weighted by atomic mass is 9.85. The summed E-state index contributed by atoms with van der Waals surface area (Å²) >= 11 is 0. The molecule has 0 spiro atoms. The first-order chi connectivity index (χ1) is 17.4. The molecule has 8 atom stereocenters. The average molecular weight is 559 g/mol. The minimum absolute atomic E-state index is 0.0499. The van der Waals surface area contributed by atoms with Gasteiger partial charge in [0.25, 0.3) is 0 Å². The molecule has 0 radical (unpaired) electrons. The van der Waals surface area contributed by atoms with E-state index in [9.17, 15) is 44.6 Å². The fraction of sp³-hybridized carbons (Fsp3) is 0.913. The number of esters is 2. The van der Waals surface area contributed by atoms with Gasteiger partial charge in [-0.25, -0.2) is 4.57 Å². The smallest absolute Gasteiger partial charge is 0.462 e. The molecule has 37 heavy (non-hydrogen) atoms. The highest BCUT2D eigenvalue weighted by atomic mass is 31.2. The first-order valence-corrected chi connectivity index (χ1v) is 14.3. The van der Waals surface area contributed by atoms with Crippen molar-refractivity contribution in [3.05, 3.63) is 0 Å². The van der Waals surface area contributed by atoms with E-state index in [1.165, 1.54) is 6.42 Å². The van der Waals surface area contributed by atoms with Crippen LogP contribution in [0.15, 0.2) is 0 Å². The topological polar surface area (TPSA) is 210 Å². The minimum atomic E-state index is -5.06. The van der Waals surface area contributed by atoms with Crippen molar-refractivity contribution in [1.82, 2.24) is 0 Å². The summed E-state index contributed by atoms with van der Waals surface area (Å²) in [6.45, 7) is 2.70. The van der Waals surface area contributed by atoms with Gasteiger partial charge in [0.05, 0.1) is 6.61 Å². The molecule has 1 aliphatic carbocycles. The number of carbonyl (C=O) groups is 2. The molecule has 0 heterocycles. The number of carbonyl (C=O) groups excluding carboxylic acids is 2. The van der Waals surface area contributed by atoms with Crippen LogP contribution in [0.25, 0.3) is 0 Å². The maximum Gasteiger partial charge on any atom is 0.472 e. The molecular formula is C23H43O13P. The van der Waals surface area contributed by atoms with Crippen molar-refractivity contribution in [2.24, 2.45) is 0 Å². The summed E-state index contributed by atoms with van der Waals surface area (Å²) in [4.78, 5) is 34.0. The molecule has 1 saturated carbocycles. The lowest BCUT2D eigenvalue weighted by molar-refractivity contribution is -0.220. The highest BCUT2D eigenvalue weighted by molar-refractivity contribution is 7.47. The maximum atomic E-state index is 12.4. The Hall–Kier alpha value is -1.15. The molecule has 218 valence electrons. The normalized spacial score (nSPS) is 28.3. The Balaban J connectivity index is 2.60. The first-order valence-electron chi connectivity index (χ1n) is 12.8. The van der Waals surface area contributed by atoms with Crippen LogP contribution in [0.1, 0.15) is 78.1 Å². The molecule has 0 aliphatic heterocycles. The van der Waals surface area contributed by atoms with Gasteiger partial charge >= 0.3 is 19.8 Å². The fourth-order valence-corrected chi connectivity index (χ4v) is 4.71. The number of phosphoric acid groups is 1. The van der Waals surface area contributed by atoms with E-state index in [0.29, 0.717) is 12.8 Å². The van der Waals surface area contributed by atoms with Crippen LogP contribution >= 0.6 is 7.82 Å². The third kappa shape index (κ3) is 12.5. The van der Waals surface area contributed by atoms with Gasteiger partial charge in [0.2, 0.25) is 0 Å². The summed E-state index contributed by atoms with van der Waals surface area (Å²) in [5.41, 5.74) is 0. The van der Waals surface area contributed by atoms with Crippen molar-refractivity contribution in [2.75, 3.05) is 13.2 Å². The molecule has 1 rings (SSSR count). The summed E-state index contributed by atoms with van der Waals surface area (Å²) in [7, 11) is -5.06. The molecule has 0 saturated heterocycles. The number of hydrogen-bond acceptors (Lipinski definition) is 12. The van der Waals surface area contributed by atoms with E-state index in [2.05, 4.69) is 6.92 Å². The number of hydrogen-bond donors (Lipinski definition) is 6. The Labute approximate surface area is 217 Å². The third-order valence-corrected chi connectivity index (χ3v) is 6.90. The monoisotopic (exact) mass is 558 g/mol. The van der Waals surface area contributed by atoms with Gasteiger partial charge in [-0.3, -0.25) is 18.6 Å². The third-order valence-electron chi connectivity index (χ3n) is 5.92. The number of phosphoric ester groups is 1. The fourth-order valence-electron chi connectivity index (χ4n) is 3.73. The Bertz CT molecular complexity index is 705. The molecule has 0 aromatic rings. The van der Waals surface area contributed by atoms with Gasteiger partial charge < -0.3 is 39.9 Å². The van der Waals surface area contributed by atoms with Crippen molar-refractivity contribution in [3.63, 3.8) is 0 Å². The van der Waals surface area contributed by atoms with Gasteiger partial charge in [-0.05, 0) is 12.8 Å². The number of rotatable bonds is 18. The zero-order valence-corrected chi connectivity index (χ0v) is 22.4. The SMILES string of the molecule is CCCCCCCCCC(=O)OC[C@H](COP(=O)(O)OC1C(O)C(O)C(O)[C@@H](O)C1O)OC(=O)CCC. The van der Waals surface area contributed by atoms with Crippen LogP contribution in [0.4, 0.5) is 0 Å². The highest BCUT2D eigenvalue weighted by Crippen LogP contribution is 2.47. The second kappa shape index (κ2) is 17.4. The van der Waals surface area contributed by atoms with Crippen molar-refractivity contribution >= 4 is 19.8 Å². The predicted molar refractivity (Wildman–Crippen MR) is 129 cm³/mol. The molecule has 0 aromatic carbocycles. The van der Waals surface area contributed by atoms with E-state index in [0.717, 1.165) is 32.1 Å². The molecule has 1 aliphatic rings. The van der Waals surface area contributed by atoms with Gasteiger partial charge in [0.1, 0.15) is 43.2 Å². The van der Waals surface area contributed by atoms with Gasteiger partial charge in [-0.2, -0.15) is 0 Å². The predicted octanol–water partition coefficient (Wildman–Crippen LogP) is 0.702. The molecule has 0 aromatic heterocycles. The van der Waals surface area contributed by atoms with Crippen molar-refractivity contribution in [1.29, 1.82) is 0 Å². The van der Waals surface area contributed by atoms with E-state index in [1.807, 2.05) is 0 Å². The summed E-state index contributed by atoms with van der Waals surface area (Å²) in [6.07, 6.45) is -5.32. The van der Waals surface area contributed by atoms with Gasteiger partial charge in [0, 0.05) is 12.8 Å². The molecule has 1 fully saturated rings. The van der Waals surface area contributed by atoms with Crippen LogP contribution in [0, 0.1) is 0 Å². The Morgan fingerprint density at radius 2 is 1.27 bits per heavy atom.